The third-order valence-corrected chi connectivity index (χ3v) is 3.78. The molecular weight excluding hydrogens is 346 g/mol. The van der Waals surface area contributed by atoms with E-state index in [2.05, 4.69) is 48.2 Å². The van der Waals surface area contributed by atoms with Crippen LogP contribution < -0.4 is 11.1 Å². The van der Waals surface area contributed by atoms with Gasteiger partial charge >= 0.3 is 0 Å². The maximum absolute atomic E-state index is 5.64. The van der Waals surface area contributed by atoms with E-state index in [1.165, 1.54) is 5.56 Å². The Morgan fingerprint density at radius 2 is 1.94 bits per heavy atom. The van der Waals surface area contributed by atoms with Crippen molar-refractivity contribution in [1.29, 1.82) is 0 Å². The smallest absolute Gasteiger partial charge is 0.144 e. The normalized spacial score (nSPS) is 10.3. The maximum atomic E-state index is 5.64. The van der Waals surface area contributed by atoms with Gasteiger partial charge in [0, 0.05) is 10.2 Å². The van der Waals surface area contributed by atoms with E-state index in [4.69, 9.17) is 5.73 Å². The van der Waals surface area contributed by atoms with E-state index in [1.807, 2.05) is 25.1 Å². The molecule has 88 valence electrons. The summed E-state index contributed by atoms with van der Waals surface area (Å²) in [6, 6.07) is 7.86. The molecule has 0 aliphatic rings. The number of nitrogens with two attached hydrogens (primary N) is 1. The van der Waals surface area contributed by atoms with Crippen LogP contribution in [0.5, 0.6) is 0 Å². The quantitative estimate of drug-likeness (QED) is 0.846. The van der Waals surface area contributed by atoms with Gasteiger partial charge in [0.1, 0.15) is 5.82 Å². The SMILES string of the molecule is Cc1cc(Nc2ncc(N)cc2Br)ccc1Br. The Hall–Kier alpha value is -1.07. The highest BCUT2D eigenvalue weighted by Gasteiger charge is 2.03. The number of hydrogen-bond donors (Lipinski definition) is 2. The summed E-state index contributed by atoms with van der Waals surface area (Å²) < 4.78 is 1.94. The summed E-state index contributed by atoms with van der Waals surface area (Å²) in [6.07, 6.45) is 1.62. The van der Waals surface area contributed by atoms with Crippen LogP contribution >= 0.6 is 31.9 Å². The van der Waals surface area contributed by atoms with Crippen molar-refractivity contribution in [3.8, 4) is 0 Å². The Morgan fingerprint density at radius 1 is 1.18 bits per heavy atom. The van der Waals surface area contributed by atoms with Crippen LogP contribution in [0.15, 0.2) is 39.4 Å². The molecule has 0 unspecified atom stereocenters. The zero-order valence-corrected chi connectivity index (χ0v) is 12.3. The molecule has 3 nitrogen and oxygen atoms in total. The molecule has 2 rings (SSSR count). The van der Waals surface area contributed by atoms with Crippen molar-refractivity contribution in [2.24, 2.45) is 0 Å². The van der Waals surface area contributed by atoms with Crippen LogP contribution in [0.4, 0.5) is 17.2 Å². The fraction of sp³-hybridized carbons (Fsp3) is 0.0833. The van der Waals surface area contributed by atoms with E-state index in [0.29, 0.717) is 5.69 Å². The van der Waals surface area contributed by atoms with Crippen molar-refractivity contribution in [2.45, 2.75) is 6.92 Å². The number of pyridine rings is 1. The van der Waals surface area contributed by atoms with Gasteiger partial charge in [-0.2, -0.15) is 0 Å². The number of halogens is 2. The van der Waals surface area contributed by atoms with Gasteiger partial charge in [-0.25, -0.2) is 4.98 Å². The summed E-state index contributed by atoms with van der Waals surface area (Å²) in [5.41, 5.74) is 8.43. The first-order chi connectivity index (χ1) is 8.06. The number of anilines is 3. The van der Waals surface area contributed by atoms with Gasteiger partial charge in [0.2, 0.25) is 0 Å². The van der Waals surface area contributed by atoms with Crippen LogP contribution in [0, 0.1) is 6.92 Å². The largest absolute Gasteiger partial charge is 0.397 e. The first-order valence-corrected chi connectivity index (χ1v) is 6.59. The Labute approximate surface area is 117 Å². The molecule has 0 spiro atoms. The summed E-state index contributed by atoms with van der Waals surface area (Å²) in [6.45, 7) is 2.04. The Balaban J connectivity index is 2.28. The van der Waals surface area contributed by atoms with Gasteiger partial charge in [-0.1, -0.05) is 15.9 Å². The van der Waals surface area contributed by atoms with Crippen LogP contribution in [0.3, 0.4) is 0 Å². The molecule has 1 heterocycles. The van der Waals surface area contributed by atoms with E-state index in [0.717, 1.165) is 20.5 Å². The summed E-state index contributed by atoms with van der Waals surface area (Å²) in [4.78, 5) is 4.23. The Kier molecular flexibility index (Phi) is 3.69. The molecule has 0 fully saturated rings. The number of nitrogens with zero attached hydrogens (tertiary/aromatic N) is 1. The number of hydrogen-bond acceptors (Lipinski definition) is 3. The second-order valence-corrected chi connectivity index (χ2v) is 5.40. The van der Waals surface area contributed by atoms with Crippen molar-refractivity contribution in [3.05, 3.63) is 45.0 Å². The second-order valence-electron chi connectivity index (χ2n) is 3.69. The van der Waals surface area contributed by atoms with E-state index >= 15 is 0 Å². The molecule has 3 N–H and O–H groups in total. The predicted octanol–water partition coefficient (Wildman–Crippen LogP) is 4.24. The van der Waals surface area contributed by atoms with E-state index in [-0.39, 0.29) is 0 Å². The molecule has 0 radical (unpaired) electrons. The molecule has 2 aromatic rings. The van der Waals surface area contributed by atoms with Crippen LogP contribution in [-0.2, 0) is 0 Å². The summed E-state index contributed by atoms with van der Waals surface area (Å²) in [5.74, 6) is 0.751. The minimum Gasteiger partial charge on any atom is -0.397 e. The average Bonchev–Trinajstić information content (AvgIpc) is 2.27. The lowest BCUT2D eigenvalue weighted by Gasteiger charge is -2.09. The van der Waals surface area contributed by atoms with Crippen LogP contribution in [0.1, 0.15) is 5.56 Å². The van der Waals surface area contributed by atoms with Crippen molar-refractivity contribution < 1.29 is 0 Å². The standard InChI is InChI=1S/C12H11Br2N3/c1-7-4-9(2-3-10(7)13)17-12-11(14)5-8(15)6-16-12/h2-6H,15H2,1H3,(H,16,17). The number of aromatic nitrogens is 1. The van der Waals surface area contributed by atoms with Crippen molar-refractivity contribution in [2.75, 3.05) is 11.1 Å². The third-order valence-electron chi connectivity index (χ3n) is 2.28. The fourth-order valence-electron chi connectivity index (χ4n) is 1.40. The highest BCUT2D eigenvalue weighted by atomic mass is 79.9. The molecule has 1 aromatic heterocycles. The highest BCUT2D eigenvalue weighted by Crippen LogP contribution is 2.27. The first-order valence-electron chi connectivity index (χ1n) is 5.00. The second kappa shape index (κ2) is 5.06. The lowest BCUT2D eigenvalue weighted by Crippen LogP contribution is -1.96. The highest BCUT2D eigenvalue weighted by molar-refractivity contribution is 9.10. The first kappa shape index (κ1) is 12.4. The molecule has 5 heteroatoms. The molecule has 0 amide bonds. The topological polar surface area (TPSA) is 50.9 Å². The summed E-state index contributed by atoms with van der Waals surface area (Å²) in [7, 11) is 0. The number of nitrogen functional groups attached to an aromatic ring is 1. The van der Waals surface area contributed by atoms with Crippen LogP contribution in [0.2, 0.25) is 0 Å². The fourth-order valence-corrected chi connectivity index (χ4v) is 2.12. The molecule has 0 bridgehead atoms. The van der Waals surface area contributed by atoms with Gasteiger partial charge in [-0.3, -0.25) is 0 Å². The molecule has 0 aliphatic heterocycles. The van der Waals surface area contributed by atoms with E-state index in [1.54, 1.807) is 6.20 Å². The van der Waals surface area contributed by atoms with Crippen LogP contribution in [0.25, 0.3) is 0 Å². The number of benzene rings is 1. The number of nitrogens with one attached hydrogen (secondary N) is 1. The minimum absolute atomic E-state index is 0.634. The third kappa shape index (κ3) is 2.98. The summed E-state index contributed by atoms with van der Waals surface area (Å²) >= 11 is 6.89. The van der Waals surface area contributed by atoms with Gasteiger partial charge in [0.05, 0.1) is 16.4 Å². The predicted molar refractivity (Wildman–Crippen MR) is 78.5 cm³/mol. The zero-order chi connectivity index (χ0) is 12.4. The molecule has 17 heavy (non-hydrogen) atoms. The molecule has 0 saturated carbocycles. The van der Waals surface area contributed by atoms with E-state index < -0.39 is 0 Å². The number of aryl methyl sites for hydroxylation is 1. The summed E-state index contributed by atoms with van der Waals surface area (Å²) in [5, 5.41) is 3.23. The molecule has 0 aliphatic carbocycles. The molecule has 0 atom stereocenters. The van der Waals surface area contributed by atoms with Crippen molar-refractivity contribution in [1.82, 2.24) is 4.98 Å². The molecule has 0 saturated heterocycles. The van der Waals surface area contributed by atoms with Gasteiger partial charge in [-0.05, 0) is 52.7 Å². The van der Waals surface area contributed by atoms with Crippen molar-refractivity contribution >= 4 is 49.1 Å². The van der Waals surface area contributed by atoms with Crippen molar-refractivity contribution in [3.63, 3.8) is 0 Å². The Bertz CT molecular complexity index is 555. The van der Waals surface area contributed by atoms with Gasteiger partial charge in [0.15, 0.2) is 0 Å². The lowest BCUT2D eigenvalue weighted by molar-refractivity contribution is 1.29. The average molecular weight is 357 g/mol. The minimum atomic E-state index is 0.634. The van der Waals surface area contributed by atoms with E-state index in [9.17, 15) is 0 Å². The monoisotopic (exact) mass is 355 g/mol. The Morgan fingerprint density at radius 3 is 2.59 bits per heavy atom. The molecular formula is C12H11Br2N3. The maximum Gasteiger partial charge on any atom is 0.144 e. The van der Waals surface area contributed by atoms with Gasteiger partial charge < -0.3 is 11.1 Å². The van der Waals surface area contributed by atoms with Crippen LogP contribution in [-0.4, -0.2) is 4.98 Å². The lowest BCUT2D eigenvalue weighted by atomic mass is 10.2. The number of rotatable bonds is 2. The van der Waals surface area contributed by atoms with Gasteiger partial charge in [-0.15, -0.1) is 0 Å². The zero-order valence-electron chi connectivity index (χ0n) is 9.17. The van der Waals surface area contributed by atoms with Gasteiger partial charge in [0.25, 0.3) is 0 Å². The molecule has 1 aromatic carbocycles.